The van der Waals surface area contributed by atoms with Crippen LogP contribution in [0.25, 0.3) is 0 Å². The minimum atomic E-state index is -1.35. The van der Waals surface area contributed by atoms with Gasteiger partial charge in [-0.05, 0) is 122 Å². The van der Waals surface area contributed by atoms with E-state index >= 15 is 0 Å². The second-order valence-electron chi connectivity index (χ2n) is 37.3. The molecule has 0 aromatic carbocycles. The first kappa shape index (κ1) is 101. The first-order chi connectivity index (χ1) is 64.5. The van der Waals surface area contributed by atoms with Crippen LogP contribution in [0.1, 0.15) is 148 Å². The standard InChI is InChI=1S/C85H126N22O28/c86-18-2-1-10-51(95-79(129)53-12-4-20-96(53)65(114)33-89-73(123)59-26-45(108)39-102(59)80(130)52-11-3-19-87-52)72(122)88-32-66(115)97-21-5-13-54(97)81(131)103-40-46(109)27-60(103)74(124)90-34-67(116)98-22-6-14-55(98)82(132)104-41-47(110)28-61(104)75(125)91-35-68(117)99-23-7-15-56(99)83(133)105-42-48(111)29-62(105)76(126)92-36-69(118)100-24-8-16-57(100)84(134)106-43-49(112)30-63(106)77(127)93-37-70(119)101-25-9-17-58(101)85(135)107-44-50(113)31-64(107)78(128)94-38-71(120)121/h45-64,87,108-113H,1-44,86H2,(H,88,122)(H,89,123)(H,90,124)(H,91,125)(H,92,126)(H,93,127)(H,94,128)(H,95,129)(H,120,121)/t45-,46-,47-,48-,49-,50-,51+,52+,53+,54+,55+,56+,57+,58+,59+,60+,61+,62+,63+,64+/m1/s1. The number of carbonyl (C=O) groups is 21. The van der Waals surface area contributed by atoms with Crippen molar-refractivity contribution in [1.82, 2.24) is 107 Å². The molecular weight excluding hydrogens is 1780 g/mol. The predicted octanol–water partition coefficient (Wildman–Crippen LogP) is -13.0. The molecule has 50 nitrogen and oxygen atoms in total. The maximum Gasteiger partial charge on any atom is 0.322 e. The van der Waals surface area contributed by atoms with Gasteiger partial charge in [0.2, 0.25) is 118 Å². The number of amides is 20. The van der Waals surface area contributed by atoms with Gasteiger partial charge in [-0.25, -0.2) is 0 Å². The number of nitrogens with zero attached hydrogens (tertiary/aromatic N) is 12. The van der Waals surface area contributed by atoms with Crippen LogP contribution in [0.5, 0.6) is 0 Å². The Bertz CT molecular complexity index is 4540. The zero-order valence-electron chi connectivity index (χ0n) is 75.3. The molecule has 13 aliphatic heterocycles. The number of nitrogens with one attached hydrogen (secondary N) is 9. The molecular formula is C85H126N22O28. The molecule has 0 aromatic heterocycles. The number of hydrogen-bond donors (Lipinski definition) is 17. The third-order valence-corrected chi connectivity index (χ3v) is 28.2. The highest BCUT2D eigenvalue weighted by atomic mass is 16.4. The van der Waals surface area contributed by atoms with Crippen LogP contribution in [0, 0.1) is 0 Å². The van der Waals surface area contributed by atoms with E-state index in [0.717, 1.165) is 30.9 Å². The quantitative estimate of drug-likeness (QED) is 0.0271. The van der Waals surface area contributed by atoms with Crippen LogP contribution in [0.2, 0.25) is 0 Å². The SMILES string of the molecule is NCCCC[C@H](NC(=O)[C@@H]1CCCN1C(=O)CNC(=O)[C@@H]1C[C@@H](O)CN1C(=O)[C@@H]1CCCN1)C(=O)NCC(=O)N1CCC[C@H]1C(=O)N1C[C@H](O)C[C@H]1C(=O)NCC(=O)N1CCC[C@H]1C(=O)N1C[C@H](O)C[C@H]1C(=O)NCC(=O)N1CCC[C@H]1C(=O)N1C[C@H](O)C[C@H]1C(=O)NCC(=O)N1CCC[C@H]1C(=O)N1C[C@H](O)C[C@H]1C(=O)NCC(=O)N1CCC[C@H]1C(=O)N1C[C@H](O)C[C@H]1C(=O)NCC(=O)O. The summed E-state index contributed by atoms with van der Waals surface area (Å²) in [5.74, 6) is -15.5. The number of carboxylic acid groups (broad SMARTS) is 1. The molecule has 0 spiro atoms. The Hall–Kier alpha value is -11.4. The van der Waals surface area contributed by atoms with E-state index in [9.17, 15) is 131 Å². The molecule has 0 saturated carbocycles. The largest absolute Gasteiger partial charge is 0.480 e. The van der Waals surface area contributed by atoms with Gasteiger partial charge >= 0.3 is 5.97 Å². The lowest BCUT2D eigenvalue weighted by Crippen LogP contribution is -2.57. The topological polar surface area (TPSA) is 673 Å². The molecule has 0 aliphatic carbocycles. The highest BCUT2D eigenvalue weighted by molar-refractivity contribution is 6.02. The second kappa shape index (κ2) is 45.0. The molecule has 744 valence electrons. The number of aliphatic hydroxyl groups is 6. The van der Waals surface area contributed by atoms with Crippen molar-refractivity contribution < 1.29 is 136 Å². The van der Waals surface area contributed by atoms with Crippen molar-refractivity contribution in [3.63, 3.8) is 0 Å². The molecule has 18 N–H and O–H groups in total. The number of nitrogens with two attached hydrogens (primary N) is 1. The van der Waals surface area contributed by atoms with Gasteiger partial charge in [0.1, 0.15) is 85.1 Å². The predicted molar refractivity (Wildman–Crippen MR) is 460 cm³/mol. The van der Waals surface area contributed by atoms with Crippen molar-refractivity contribution in [1.29, 1.82) is 0 Å². The highest BCUT2D eigenvalue weighted by Gasteiger charge is 2.53. The van der Waals surface area contributed by atoms with Crippen LogP contribution < -0.4 is 53.6 Å². The summed E-state index contributed by atoms with van der Waals surface area (Å²) in [5, 5.41) is 96.6. The maximum absolute atomic E-state index is 14.5. The number of aliphatic carboxylic acids is 1. The minimum absolute atomic E-state index is 0.0172. The van der Waals surface area contributed by atoms with E-state index in [0.29, 0.717) is 64.3 Å². The van der Waals surface area contributed by atoms with Crippen molar-refractivity contribution in [2.45, 2.75) is 269 Å². The molecule has 0 bridgehead atoms. The lowest BCUT2D eigenvalue weighted by atomic mass is 10.1. The average Bonchev–Trinajstić information content (AvgIpc) is 1.73. The van der Waals surface area contributed by atoms with Gasteiger partial charge in [0.05, 0.1) is 81.9 Å². The number of carbonyl (C=O) groups excluding carboxylic acids is 20. The molecule has 20 atom stereocenters. The van der Waals surface area contributed by atoms with E-state index in [4.69, 9.17) is 10.8 Å². The van der Waals surface area contributed by atoms with Gasteiger partial charge in [0.25, 0.3) is 0 Å². The number of carboxylic acids is 1. The molecule has 13 saturated heterocycles. The van der Waals surface area contributed by atoms with E-state index < -0.39 is 285 Å². The monoisotopic (exact) mass is 1900 g/mol. The van der Waals surface area contributed by atoms with Crippen LogP contribution in [0.3, 0.4) is 0 Å². The van der Waals surface area contributed by atoms with Crippen LogP contribution in [-0.2, 0) is 101 Å². The Morgan fingerprint density at radius 1 is 0.281 bits per heavy atom. The number of β-amino-alcohol motifs (C(OH)–C–C–N with tert-alkyl or cyclic N) is 6. The molecule has 0 aromatic rings. The summed E-state index contributed by atoms with van der Waals surface area (Å²) >= 11 is 0. The lowest BCUT2D eigenvalue weighted by molar-refractivity contribution is -0.148. The van der Waals surface area contributed by atoms with Gasteiger partial charge in [-0.3, -0.25) is 101 Å². The fourth-order valence-corrected chi connectivity index (χ4v) is 21.4. The van der Waals surface area contributed by atoms with Gasteiger partial charge in [-0.2, -0.15) is 0 Å². The molecule has 0 unspecified atom stereocenters. The van der Waals surface area contributed by atoms with E-state index in [-0.39, 0.29) is 174 Å². The molecule has 13 aliphatic rings. The molecule has 0 radical (unpaired) electrons. The summed E-state index contributed by atoms with van der Waals surface area (Å²) in [5.41, 5.74) is 5.77. The highest BCUT2D eigenvalue weighted by Crippen LogP contribution is 2.34. The second-order valence-corrected chi connectivity index (χ2v) is 37.3. The molecule has 13 rings (SSSR count). The van der Waals surface area contributed by atoms with E-state index in [1.165, 1.54) is 34.3 Å². The van der Waals surface area contributed by atoms with Gasteiger partial charge < -0.3 is 148 Å². The molecule has 20 amide bonds. The van der Waals surface area contributed by atoms with Crippen LogP contribution >= 0.6 is 0 Å². The summed E-state index contributed by atoms with van der Waals surface area (Å²) in [7, 11) is 0. The summed E-state index contributed by atoms with van der Waals surface area (Å²) in [6.07, 6.45) is -2.78. The molecule has 13 fully saturated rings. The minimum Gasteiger partial charge on any atom is -0.480 e. The number of likely N-dealkylation sites (tertiary alicyclic amines) is 12. The van der Waals surface area contributed by atoms with Crippen molar-refractivity contribution in [3.05, 3.63) is 0 Å². The van der Waals surface area contributed by atoms with E-state index in [2.05, 4.69) is 47.9 Å². The van der Waals surface area contributed by atoms with Crippen LogP contribution in [0.15, 0.2) is 0 Å². The smallest absolute Gasteiger partial charge is 0.322 e. The number of rotatable bonds is 33. The van der Waals surface area contributed by atoms with Crippen molar-refractivity contribution in [2.24, 2.45) is 5.73 Å². The van der Waals surface area contributed by atoms with Crippen LogP contribution in [-0.4, -0.2) is 477 Å². The number of unbranched alkanes of at least 4 members (excludes halogenated alkanes) is 1. The van der Waals surface area contributed by atoms with E-state index in [1.807, 2.05) is 0 Å². The first-order valence-electron chi connectivity index (χ1n) is 47.1. The first-order valence-corrected chi connectivity index (χ1v) is 47.1. The average molecular weight is 1900 g/mol. The van der Waals surface area contributed by atoms with E-state index in [1.54, 1.807) is 0 Å². The Kier molecular flexibility index (Phi) is 33.7. The Morgan fingerprint density at radius 3 is 0.778 bits per heavy atom. The summed E-state index contributed by atoms with van der Waals surface area (Å²) in [6.45, 7) is -4.80. The summed E-state index contributed by atoms with van der Waals surface area (Å²) in [4.78, 5) is 304. The fraction of sp³-hybridized carbons (Fsp3) is 0.753. The molecule has 50 heteroatoms. The van der Waals surface area contributed by atoms with Gasteiger partial charge in [0.15, 0.2) is 0 Å². The third-order valence-electron chi connectivity index (χ3n) is 28.2. The third kappa shape index (κ3) is 23.5. The van der Waals surface area contributed by atoms with Gasteiger partial charge in [0, 0.05) is 117 Å². The summed E-state index contributed by atoms with van der Waals surface area (Å²) < 4.78 is 0. The normalized spacial score (nSPS) is 29.6. The number of hydrogen-bond acceptors (Lipinski definition) is 29. The summed E-state index contributed by atoms with van der Waals surface area (Å²) in [6, 6.07) is -16.0. The maximum atomic E-state index is 14.5. The molecule has 135 heavy (non-hydrogen) atoms. The lowest BCUT2D eigenvalue weighted by Gasteiger charge is -2.32. The zero-order valence-corrected chi connectivity index (χ0v) is 75.3. The van der Waals surface area contributed by atoms with Crippen molar-refractivity contribution >= 4 is 124 Å². The number of aliphatic hydroxyl groups excluding tert-OH is 6. The molecule has 13 heterocycles. The van der Waals surface area contributed by atoms with Crippen molar-refractivity contribution in [2.75, 3.05) is 137 Å². The van der Waals surface area contributed by atoms with Crippen LogP contribution in [0.4, 0.5) is 0 Å². The Balaban J connectivity index is 0.538. The Morgan fingerprint density at radius 2 is 0.526 bits per heavy atom. The Labute approximate surface area is 776 Å². The fourth-order valence-electron chi connectivity index (χ4n) is 21.4. The zero-order chi connectivity index (χ0) is 97.1. The van der Waals surface area contributed by atoms with Gasteiger partial charge in [-0.1, -0.05) is 0 Å². The van der Waals surface area contributed by atoms with Crippen molar-refractivity contribution in [3.8, 4) is 0 Å². The van der Waals surface area contributed by atoms with Gasteiger partial charge in [-0.15, -0.1) is 0 Å².